The van der Waals surface area contributed by atoms with Crippen molar-refractivity contribution < 1.29 is 0 Å². The summed E-state index contributed by atoms with van der Waals surface area (Å²) in [4.78, 5) is 2.07. The first-order valence-electron chi connectivity index (χ1n) is 4.96. The van der Waals surface area contributed by atoms with E-state index in [0.717, 1.165) is 10.8 Å². The Bertz CT molecular complexity index is 364. The van der Waals surface area contributed by atoms with Crippen LogP contribution in [0.15, 0.2) is 12.1 Å². The zero-order chi connectivity index (χ0) is 10.1. The molecule has 0 saturated heterocycles. The highest BCUT2D eigenvalue weighted by molar-refractivity contribution is 7.12. The Hall–Kier alpha value is -0.850. The van der Waals surface area contributed by atoms with Crippen molar-refractivity contribution in [1.82, 2.24) is 5.32 Å². The van der Waals surface area contributed by atoms with Crippen LogP contribution >= 0.6 is 11.3 Å². The smallest absolute Gasteiger partial charge is 0.110 e. The number of nitriles is 1. The quantitative estimate of drug-likeness (QED) is 0.825. The zero-order valence-electron chi connectivity index (χ0n) is 8.45. The lowest BCUT2D eigenvalue weighted by Crippen LogP contribution is -2.21. The molecular formula is C11H14N2S. The summed E-state index contributed by atoms with van der Waals surface area (Å²) in [5.41, 5.74) is 0. The minimum absolute atomic E-state index is 0.386. The van der Waals surface area contributed by atoms with Gasteiger partial charge in [0.15, 0.2) is 0 Å². The van der Waals surface area contributed by atoms with Crippen LogP contribution in [-0.2, 0) is 0 Å². The SMILES string of the molecule is CC(NC1CC1C)c1ccc(C#N)s1. The lowest BCUT2D eigenvalue weighted by molar-refractivity contribution is 0.559. The lowest BCUT2D eigenvalue weighted by Gasteiger charge is -2.10. The maximum absolute atomic E-state index is 8.71. The Balaban J connectivity index is 1.97. The van der Waals surface area contributed by atoms with Gasteiger partial charge in [0.2, 0.25) is 0 Å². The van der Waals surface area contributed by atoms with Gasteiger partial charge in [0.05, 0.1) is 0 Å². The monoisotopic (exact) mass is 206 g/mol. The van der Waals surface area contributed by atoms with Crippen LogP contribution in [0.2, 0.25) is 0 Å². The summed E-state index contributed by atoms with van der Waals surface area (Å²) in [6.07, 6.45) is 1.29. The second kappa shape index (κ2) is 3.72. The van der Waals surface area contributed by atoms with E-state index in [-0.39, 0.29) is 0 Å². The molecule has 3 unspecified atom stereocenters. The van der Waals surface area contributed by atoms with Gasteiger partial charge in [0, 0.05) is 17.0 Å². The number of hydrogen-bond acceptors (Lipinski definition) is 3. The first kappa shape index (κ1) is 9.70. The fraction of sp³-hybridized carbons (Fsp3) is 0.545. The van der Waals surface area contributed by atoms with Gasteiger partial charge in [0.1, 0.15) is 10.9 Å². The molecule has 3 atom stereocenters. The molecule has 0 amide bonds. The van der Waals surface area contributed by atoms with Gasteiger partial charge in [-0.05, 0) is 31.4 Å². The van der Waals surface area contributed by atoms with E-state index in [9.17, 15) is 0 Å². The molecule has 1 N–H and O–H groups in total. The van der Waals surface area contributed by atoms with Crippen molar-refractivity contribution in [2.75, 3.05) is 0 Å². The third-order valence-electron chi connectivity index (χ3n) is 2.74. The molecule has 0 aromatic carbocycles. The minimum Gasteiger partial charge on any atom is -0.306 e. The standard InChI is InChI=1S/C11H14N2S/c1-7-5-10(7)13-8(2)11-4-3-9(6-12)14-11/h3-4,7-8,10,13H,5H2,1-2H3. The molecule has 1 heterocycles. The van der Waals surface area contributed by atoms with Crippen molar-refractivity contribution in [3.63, 3.8) is 0 Å². The van der Waals surface area contributed by atoms with Crippen LogP contribution in [0.25, 0.3) is 0 Å². The molecular weight excluding hydrogens is 192 g/mol. The average molecular weight is 206 g/mol. The maximum atomic E-state index is 8.71. The summed E-state index contributed by atoms with van der Waals surface area (Å²) in [5, 5.41) is 12.3. The number of nitrogens with one attached hydrogen (secondary N) is 1. The minimum atomic E-state index is 0.386. The molecule has 14 heavy (non-hydrogen) atoms. The molecule has 1 aliphatic rings. The van der Waals surface area contributed by atoms with Crippen molar-refractivity contribution >= 4 is 11.3 Å². The number of thiophene rings is 1. The normalized spacial score (nSPS) is 26.9. The van der Waals surface area contributed by atoms with Crippen LogP contribution in [0, 0.1) is 17.2 Å². The van der Waals surface area contributed by atoms with Crippen molar-refractivity contribution in [3.05, 3.63) is 21.9 Å². The van der Waals surface area contributed by atoms with E-state index in [0.29, 0.717) is 12.1 Å². The van der Waals surface area contributed by atoms with E-state index >= 15 is 0 Å². The summed E-state index contributed by atoms with van der Waals surface area (Å²) in [7, 11) is 0. The summed E-state index contributed by atoms with van der Waals surface area (Å²) < 4.78 is 0. The van der Waals surface area contributed by atoms with Crippen molar-refractivity contribution in [2.24, 2.45) is 5.92 Å². The van der Waals surface area contributed by atoms with Gasteiger partial charge in [-0.1, -0.05) is 6.92 Å². The Morgan fingerprint density at radius 1 is 1.64 bits per heavy atom. The van der Waals surface area contributed by atoms with E-state index in [1.807, 2.05) is 12.1 Å². The van der Waals surface area contributed by atoms with Crippen molar-refractivity contribution in [2.45, 2.75) is 32.4 Å². The van der Waals surface area contributed by atoms with Crippen LogP contribution in [0.5, 0.6) is 0 Å². The highest BCUT2D eigenvalue weighted by Crippen LogP contribution is 2.32. The predicted octanol–water partition coefficient (Wildman–Crippen LogP) is 2.68. The molecule has 1 aromatic heterocycles. The summed E-state index contributed by atoms with van der Waals surface area (Å²) >= 11 is 1.59. The van der Waals surface area contributed by atoms with Gasteiger partial charge in [-0.2, -0.15) is 5.26 Å². The first-order valence-corrected chi connectivity index (χ1v) is 5.78. The fourth-order valence-corrected chi connectivity index (χ4v) is 2.42. The zero-order valence-corrected chi connectivity index (χ0v) is 9.27. The third-order valence-corrected chi connectivity index (χ3v) is 3.91. The largest absolute Gasteiger partial charge is 0.306 e. The fourth-order valence-electron chi connectivity index (χ4n) is 1.60. The molecule has 2 rings (SSSR count). The van der Waals surface area contributed by atoms with Crippen LogP contribution < -0.4 is 5.32 Å². The maximum Gasteiger partial charge on any atom is 0.110 e. The molecule has 0 spiro atoms. The Morgan fingerprint density at radius 3 is 2.86 bits per heavy atom. The van der Waals surface area contributed by atoms with Gasteiger partial charge in [-0.3, -0.25) is 0 Å². The molecule has 0 aliphatic heterocycles. The third kappa shape index (κ3) is 1.97. The molecule has 0 radical (unpaired) electrons. The van der Waals surface area contributed by atoms with E-state index in [1.54, 1.807) is 11.3 Å². The molecule has 0 bridgehead atoms. The molecule has 3 heteroatoms. The van der Waals surface area contributed by atoms with Gasteiger partial charge in [-0.15, -0.1) is 11.3 Å². The Morgan fingerprint density at radius 2 is 2.36 bits per heavy atom. The van der Waals surface area contributed by atoms with Crippen molar-refractivity contribution in [3.8, 4) is 6.07 Å². The van der Waals surface area contributed by atoms with Crippen LogP contribution in [-0.4, -0.2) is 6.04 Å². The second-order valence-corrected chi connectivity index (χ2v) is 5.14. The predicted molar refractivity (Wildman–Crippen MR) is 58.2 cm³/mol. The number of nitrogens with zero attached hydrogens (tertiary/aromatic N) is 1. The summed E-state index contributed by atoms with van der Waals surface area (Å²) in [6.45, 7) is 4.43. The van der Waals surface area contributed by atoms with Crippen LogP contribution in [0.4, 0.5) is 0 Å². The van der Waals surface area contributed by atoms with Crippen LogP contribution in [0.3, 0.4) is 0 Å². The topological polar surface area (TPSA) is 35.8 Å². The van der Waals surface area contributed by atoms with Gasteiger partial charge in [-0.25, -0.2) is 0 Å². The highest BCUT2D eigenvalue weighted by atomic mass is 32.1. The van der Waals surface area contributed by atoms with Gasteiger partial charge < -0.3 is 5.32 Å². The summed E-state index contributed by atoms with van der Waals surface area (Å²) in [6, 6.07) is 7.20. The Labute approximate surface area is 88.6 Å². The van der Waals surface area contributed by atoms with E-state index in [2.05, 4.69) is 25.2 Å². The molecule has 1 fully saturated rings. The molecule has 1 saturated carbocycles. The second-order valence-electron chi connectivity index (χ2n) is 4.02. The highest BCUT2D eigenvalue weighted by Gasteiger charge is 2.33. The molecule has 1 aliphatic carbocycles. The summed E-state index contributed by atoms with van der Waals surface area (Å²) in [5.74, 6) is 0.827. The Kier molecular flexibility index (Phi) is 2.58. The molecule has 2 nitrogen and oxygen atoms in total. The first-order chi connectivity index (χ1) is 6.70. The molecule has 1 aromatic rings. The average Bonchev–Trinajstić information content (AvgIpc) is 2.72. The van der Waals surface area contributed by atoms with Gasteiger partial charge in [0.25, 0.3) is 0 Å². The number of hydrogen-bond donors (Lipinski definition) is 1. The van der Waals surface area contributed by atoms with Crippen molar-refractivity contribution in [1.29, 1.82) is 5.26 Å². The number of rotatable bonds is 3. The van der Waals surface area contributed by atoms with E-state index < -0.39 is 0 Å². The lowest BCUT2D eigenvalue weighted by atomic mass is 10.2. The van der Waals surface area contributed by atoms with Crippen LogP contribution in [0.1, 0.15) is 36.1 Å². The molecule has 74 valence electrons. The van der Waals surface area contributed by atoms with E-state index in [1.165, 1.54) is 11.3 Å². The van der Waals surface area contributed by atoms with E-state index in [4.69, 9.17) is 5.26 Å². The van der Waals surface area contributed by atoms with Gasteiger partial charge >= 0.3 is 0 Å².